The molecule has 0 aliphatic heterocycles. The van der Waals surface area contributed by atoms with Gasteiger partial charge in [0.1, 0.15) is 18.1 Å². The fraction of sp³-hybridized carbons (Fsp3) is 0.368. The molecule has 0 amide bonds. The van der Waals surface area contributed by atoms with Gasteiger partial charge in [-0.15, -0.1) is 0 Å². The van der Waals surface area contributed by atoms with E-state index in [1.807, 2.05) is 26.8 Å². The lowest BCUT2D eigenvalue weighted by atomic mass is 10.1. The maximum atomic E-state index is 12.3. The van der Waals surface area contributed by atoms with Crippen molar-refractivity contribution in [3.63, 3.8) is 0 Å². The van der Waals surface area contributed by atoms with E-state index in [0.717, 1.165) is 16.9 Å². The fourth-order valence-electron chi connectivity index (χ4n) is 2.39. The van der Waals surface area contributed by atoms with Crippen molar-refractivity contribution in [1.82, 2.24) is 4.72 Å². The summed E-state index contributed by atoms with van der Waals surface area (Å²) in [6.07, 6.45) is 0. The van der Waals surface area contributed by atoms with Gasteiger partial charge in [-0.25, -0.2) is 13.1 Å². The van der Waals surface area contributed by atoms with E-state index in [1.165, 1.54) is 17.7 Å². The molecule has 0 bridgehead atoms. The Hall–Kier alpha value is -2.05. The first-order chi connectivity index (χ1) is 11.8. The maximum absolute atomic E-state index is 12.3. The smallest absolute Gasteiger partial charge is 0.240 e. The minimum absolute atomic E-state index is 0.196. The molecule has 2 aromatic carbocycles. The zero-order valence-corrected chi connectivity index (χ0v) is 15.9. The molecule has 0 unspecified atom stereocenters. The molecule has 0 aliphatic rings. The van der Waals surface area contributed by atoms with Crippen LogP contribution in [0.5, 0.6) is 11.5 Å². The van der Waals surface area contributed by atoms with Gasteiger partial charge in [-0.3, -0.25) is 0 Å². The molecule has 6 heteroatoms. The molecular formula is C19H25NO4S. The summed E-state index contributed by atoms with van der Waals surface area (Å²) in [5, 5.41) is 0. The van der Waals surface area contributed by atoms with Crippen molar-refractivity contribution in [3.8, 4) is 11.5 Å². The van der Waals surface area contributed by atoms with Crippen molar-refractivity contribution in [1.29, 1.82) is 0 Å². The van der Waals surface area contributed by atoms with E-state index in [0.29, 0.717) is 12.4 Å². The van der Waals surface area contributed by atoms with E-state index in [2.05, 4.69) is 17.7 Å². The first kappa shape index (κ1) is 19.3. The van der Waals surface area contributed by atoms with Crippen LogP contribution in [0.3, 0.4) is 0 Å². The molecule has 136 valence electrons. The Kier molecular flexibility index (Phi) is 6.45. The van der Waals surface area contributed by atoms with Crippen molar-refractivity contribution in [2.45, 2.75) is 32.6 Å². The third-order valence-corrected chi connectivity index (χ3v) is 5.36. The monoisotopic (exact) mass is 363 g/mol. The van der Waals surface area contributed by atoms with Gasteiger partial charge in [-0.1, -0.05) is 6.07 Å². The molecule has 2 aromatic rings. The summed E-state index contributed by atoms with van der Waals surface area (Å²) in [4.78, 5) is 0.207. The quantitative estimate of drug-likeness (QED) is 0.731. The molecule has 0 saturated carbocycles. The largest absolute Gasteiger partial charge is 0.494 e. The first-order valence-corrected chi connectivity index (χ1v) is 9.75. The van der Waals surface area contributed by atoms with E-state index in [1.54, 1.807) is 12.1 Å². The highest BCUT2D eigenvalue weighted by molar-refractivity contribution is 7.89. The zero-order valence-electron chi connectivity index (χ0n) is 15.1. The summed E-state index contributed by atoms with van der Waals surface area (Å²) in [6, 6.07) is 10.4. The molecule has 0 radical (unpaired) electrons. The van der Waals surface area contributed by atoms with Crippen molar-refractivity contribution >= 4 is 10.0 Å². The van der Waals surface area contributed by atoms with Gasteiger partial charge in [0.25, 0.3) is 0 Å². The lowest BCUT2D eigenvalue weighted by molar-refractivity contribution is 0.320. The summed E-state index contributed by atoms with van der Waals surface area (Å²) in [7, 11) is -3.56. The van der Waals surface area contributed by atoms with Crippen LogP contribution >= 0.6 is 0 Å². The molecular weight excluding hydrogens is 338 g/mol. The lowest BCUT2D eigenvalue weighted by Crippen LogP contribution is -2.28. The van der Waals surface area contributed by atoms with Crippen molar-refractivity contribution < 1.29 is 17.9 Å². The molecule has 0 aromatic heterocycles. The van der Waals surface area contributed by atoms with Gasteiger partial charge in [0.15, 0.2) is 0 Å². The normalized spacial score (nSPS) is 11.4. The van der Waals surface area contributed by atoms with Crippen LogP contribution in [0.2, 0.25) is 0 Å². The van der Waals surface area contributed by atoms with Gasteiger partial charge in [-0.05, 0) is 74.7 Å². The average Bonchev–Trinajstić information content (AvgIpc) is 2.57. The molecule has 0 spiro atoms. The first-order valence-electron chi connectivity index (χ1n) is 8.26. The molecule has 0 atom stereocenters. The number of hydrogen-bond donors (Lipinski definition) is 1. The highest BCUT2D eigenvalue weighted by Crippen LogP contribution is 2.22. The Balaban J connectivity index is 1.91. The fourth-order valence-corrected chi connectivity index (χ4v) is 3.40. The van der Waals surface area contributed by atoms with E-state index in [9.17, 15) is 8.42 Å². The van der Waals surface area contributed by atoms with Crippen LogP contribution in [0.1, 0.15) is 23.6 Å². The number of nitrogens with one attached hydrogen (secondary N) is 1. The second-order valence-corrected chi connectivity index (χ2v) is 7.62. The van der Waals surface area contributed by atoms with Crippen LogP contribution < -0.4 is 14.2 Å². The number of hydrogen-bond acceptors (Lipinski definition) is 4. The van der Waals surface area contributed by atoms with Crippen molar-refractivity contribution in [2.75, 3.05) is 19.8 Å². The summed E-state index contributed by atoms with van der Waals surface area (Å²) in [5.41, 5.74) is 3.40. The highest BCUT2D eigenvalue weighted by Gasteiger charge is 2.13. The second kappa shape index (κ2) is 8.36. The topological polar surface area (TPSA) is 64.6 Å². The van der Waals surface area contributed by atoms with Gasteiger partial charge < -0.3 is 9.47 Å². The number of ether oxygens (including phenoxy) is 2. The molecule has 2 rings (SSSR count). The Morgan fingerprint density at radius 2 is 1.56 bits per heavy atom. The Bertz CT molecular complexity index is 814. The summed E-state index contributed by atoms with van der Waals surface area (Å²) >= 11 is 0. The van der Waals surface area contributed by atoms with Gasteiger partial charge in [0.2, 0.25) is 10.0 Å². The predicted molar refractivity (Wildman–Crippen MR) is 98.9 cm³/mol. The third-order valence-electron chi connectivity index (χ3n) is 3.89. The molecule has 0 heterocycles. The van der Waals surface area contributed by atoms with Crippen molar-refractivity contribution in [2.24, 2.45) is 0 Å². The third kappa shape index (κ3) is 5.21. The van der Waals surface area contributed by atoms with Crippen LogP contribution in [0.25, 0.3) is 0 Å². The van der Waals surface area contributed by atoms with E-state index >= 15 is 0 Å². The zero-order chi connectivity index (χ0) is 18.4. The molecule has 0 fully saturated rings. The number of benzene rings is 2. The number of aryl methyl sites for hydroxylation is 3. The van der Waals surface area contributed by atoms with Gasteiger partial charge in [0.05, 0.1) is 11.5 Å². The van der Waals surface area contributed by atoms with Crippen LogP contribution in [0, 0.1) is 20.8 Å². The van der Waals surface area contributed by atoms with Crippen LogP contribution in [-0.2, 0) is 10.0 Å². The highest BCUT2D eigenvalue weighted by atomic mass is 32.2. The van der Waals surface area contributed by atoms with E-state index in [4.69, 9.17) is 9.47 Å². The summed E-state index contributed by atoms with van der Waals surface area (Å²) in [5.74, 6) is 1.43. The van der Waals surface area contributed by atoms with Gasteiger partial charge >= 0.3 is 0 Å². The second-order valence-electron chi connectivity index (χ2n) is 5.85. The minimum Gasteiger partial charge on any atom is -0.494 e. The summed E-state index contributed by atoms with van der Waals surface area (Å²) < 4.78 is 38.1. The molecule has 25 heavy (non-hydrogen) atoms. The minimum atomic E-state index is -3.56. The Morgan fingerprint density at radius 3 is 2.20 bits per heavy atom. The predicted octanol–water partition coefficient (Wildman–Crippen LogP) is 3.37. The average molecular weight is 363 g/mol. The van der Waals surface area contributed by atoms with Crippen LogP contribution in [0.15, 0.2) is 41.3 Å². The molecule has 1 N–H and O–H groups in total. The van der Waals surface area contributed by atoms with Crippen LogP contribution in [-0.4, -0.2) is 28.2 Å². The molecule has 0 saturated heterocycles. The van der Waals surface area contributed by atoms with Crippen LogP contribution in [0.4, 0.5) is 0 Å². The molecule has 0 aliphatic carbocycles. The van der Waals surface area contributed by atoms with Gasteiger partial charge in [-0.2, -0.15) is 0 Å². The SMILES string of the molecule is CCOc1ccc(S(=O)(=O)NCCOc2cc(C)c(C)cc2C)cc1. The summed E-state index contributed by atoms with van der Waals surface area (Å²) in [6.45, 7) is 8.93. The maximum Gasteiger partial charge on any atom is 0.240 e. The molecule has 5 nitrogen and oxygen atoms in total. The lowest BCUT2D eigenvalue weighted by Gasteiger charge is -2.12. The number of rotatable bonds is 8. The van der Waals surface area contributed by atoms with Gasteiger partial charge in [0, 0.05) is 6.54 Å². The Morgan fingerprint density at radius 1 is 0.920 bits per heavy atom. The number of sulfonamides is 1. The van der Waals surface area contributed by atoms with Crippen molar-refractivity contribution in [3.05, 3.63) is 53.1 Å². The standard InChI is InChI=1S/C19H25NO4S/c1-5-23-17-6-8-18(9-7-17)25(21,22)20-10-11-24-19-13-15(3)14(2)12-16(19)4/h6-9,12-13,20H,5,10-11H2,1-4H3. The van der Waals surface area contributed by atoms with E-state index in [-0.39, 0.29) is 18.0 Å². The van der Waals surface area contributed by atoms with E-state index < -0.39 is 10.0 Å². The Labute approximate surface area is 150 Å².